The van der Waals surface area contributed by atoms with Crippen molar-refractivity contribution in [1.82, 2.24) is 4.72 Å². The SMILES string of the molecule is Cc1cc(S(=O)(=O)NC(C)(C)CN)c(C)cc1Br.Cl. The molecular weight excluding hydrogens is 352 g/mol. The van der Waals surface area contributed by atoms with E-state index in [1.165, 1.54) is 0 Å². The van der Waals surface area contributed by atoms with E-state index in [0.717, 1.165) is 10.0 Å². The summed E-state index contributed by atoms with van der Waals surface area (Å²) in [5.74, 6) is 0. The minimum Gasteiger partial charge on any atom is -0.329 e. The summed E-state index contributed by atoms with van der Waals surface area (Å²) < 4.78 is 28.1. The average molecular weight is 372 g/mol. The summed E-state index contributed by atoms with van der Waals surface area (Å²) in [6, 6.07) is 3.47. The number of aryl methyl sites for hydroxylation is 2. The van der Waals surface area contributed by atoms with Crippen LogP contribution < -0.4 is 10.5 Å². The topological polar surface area (TPSA) is 72.2 Å². The second-order valence-electron chi connectivity index (χ2n) is 5.06. The maximum absolute atomic E-state index is 12.3. The van der Waals surface area contributed by atoms with E-state index in [0.29, 0.717) is 10.5 Å². The first kappa shape index (κ1) is 18.9. The molecule has 1 aromatic carbocycles. The first-order valence-electron chi connectivity index (χ1n) is 5.60. The van der Waals surface area contributed by atoms with E-state index in [1.807, 2.05) is 6.92 Å². The predicted octanol–water partition coefficient (Wildman–Crippen LogP) is 2.50. The maximum Gasteiger partial charge on any atom is 0.241 e. The molecule has 1 rings (SSSR count). The third-order valence-corrected chi connectivity index (χ3v) is 5.36. The van der Waals surface area contributed by atoms with Gasteiger partial charge in [-0.1, -0.05) is 15.9 Å². The highest BCUT2D eigenvalue weighted by Crippen LogP contribution is 2.24. The molecule has 1 aromatic rings. The molecule has 0 spiro atoms. The van der Waals surface area contributed by atoms with E-state index >= 15 is 0 Å². The fraction of sp³-hybridized carbons (Fsp3) is 0.500. The second kappa shape index (κ2) is 6.54. The van der Waals surface area contributed by atoms with Gasteiger partial charge in [-0.2, -0.15) is 0 Å². The van der Waals surface area contributed by atoms with Crippen LogP contribution in [0.1, 0.15) is 25.0 Å². The molecule has 0 bridgehead atoms. The van der Waals surface area contributed by atoms with Crippen molar-refractivity contribution in [2.24, 2.45) is 5.73 Å². The summed E-state index contributed by atoms with van der Waals surface area (Å²) >= 11 is 3.39. The van der Waals surface area contributed by atoms with Crippen LogP contribution >= 0.6 is 28.3 Å². The Morgan fingerprint density at radius 3 is 2.26 bits per heavy atom. The normalized spacial score (nSPS) is 12.1. The quantitative estimate of drug-likeness (QED) is 0.854. The van der Waals surface area contributed by atoms with Gasteiger partial charge in [0.1, 0.15) is 0 Å². The van der Waals surface area contributed by atoms with Crippen molar-refractivity contribution >= 4 is 38.4 Å². The van der Waals surface area contributed by atoms with Gasteiger partial charge in [0.2, 0.25) is 10.0 Å². The fourth-order valence-electron chi connectivity index (χ4n) is 1.50. The first-order chi connectivity index (χ1) is 8.09. The lowest BCUT2D eigenvalue weighted by Gasteiger charge is -2.24. The first-order valence-corrected chi connectivity index (χ1v) is 7.87. The van der Waals surface area contributed by atoms with Crippen molar-refractivity contribution in [2.75, 3.05) is 6.54 Å². The number of rotatable bonds is 4. The van der Waals surface area contributed by atoms with Gasteiger partial charge in [0.05, 0.1) is 4.90 Å². The van der Waals surface area contributed by atoms with Gasteiger partial charge in [0, 0.05) is 16.6 Å². The van der Waals surface area contributed by atoms with Crippen molar-refractivity contribution in [3.05, 3.63) is 27.7 Å². The number of nitrogens with two attached hydrogens (primary N) is 1. The molecule has 0 fully saturated rings. The number of hydrogen-bond donors (Lipinski definition) is 2. The van der Waals surface area contributed by atoms with E-state index in [2.05, 4.69) is 20.7 Å². The van der Waals surface area contributed by atoms with Gasteiger partial charge in [-0.05, 0) is 51.0 Å². The van der Waals surface area contributed by atoms with Crippen molar-refractivity contribution in [1.29, 1.82) is 0 Å². The third kappa shape index (κ3) is 4.72. The Hall–Kier alpha value is -0.140. The number of hydrogen-bond acceptors (Lipinski definition) is 3. The Bertz CT molecular complexity index is 559. The van der Waals surface area contributed by atoms with Crippen molar-refractivity contribution in [3.8, 4) is 0 Å². The molecule has 0 aliphatic carbocycles. The van der Waals surface area contributed by atoms with E-state index in [1.54, 1.807) is 32.9 Å². The predicted molar refractivity (Wildman–Crippen MR) is 84.3 cm³/mol. The largest absolute Gasteiger partial charge is 0.329 e. The summed E-state index contributed by atoms with van der Waals surface area (Å²) in [6.45, 7) is 7.38. The highest BCUT2D eigenvalue weighted by Gasteiger charge is 2.26. The van der Waals surface area contributed by atoms with Gasteiger partial charge >= 0.3 is 0 Å². The van der Waals surface area contributed by atoms with Crippen LogP contribution in [-0.2, 0) is 10.0 Å². The Morgan fingerprint density at radius 1 is 1.26 bits per heavy atom. The summed E-state index contributed by atoms with van der Waals surface area (Å²) in [5.41, 5.74) is 6.47. The number of benzene rings is 1. The molecule has 19 heavy (non-hydrogen) atoms. The molecule has 0 aliphatic heterocycles. The Labute approximate surface area is 129 Å². The maximum atomic E-state index is 12.3. The standard InChI is InChI=1S/C12H19BrN2O2S.ClH/c1-8-6-11(9(2)5-10(8)13)18(16,17)15-12(3,4)7-14;/h5-6,15H,7,14H2,1-4H3;1H. The van der Waals surface area contributed by atoms with Crippen molar-refractivity contribution in [2.45, 2.75) is 38.1 Å². The number of nitrogens with one attached hydrogen (secondary N) is 1. The van der Waals surface area contributed by atoms with Gasteiger partial charge in [-0.15, -0.1) is 12.4 Å². The summed E-state index contributed by atoms with van der Waals surface area (Å²) in [6.07, 6.45) is 0. The summed E-state index contributed by atoms with van der Waals surface area (Å²) in [5, 5.41) is 0. The van der Waals surface area contributed by atoms with Crippen LogP contribution in [0.2, 0.25) is 0 Å². The highest BCUT2D eigenvalue weighted by molar-refractivity contribution is 9.10. The van der Waals surface area contributed by atoms with Crippen molar-refractivity contribution in [3.63, 3.8) is 0 Å². The van der Waals surface area contributed by atoms with Gasteiger partial charge in [0.25, 0.3) is 0 Å². The van der Waals surface area contributed by atoms with E-state index in [9.17, 15) is 8.42 Å². The van der Waals surface area contributed by atoms with Crippen LogP contribution in [0, 0.1) is 13.8 Å². The minimum atomic E-state index is -3.55. The van der Waals surface area contributed by atoms with Gasteiger partial charge in [-0.25, -0.2) is 13.1 Å². The molecule has 0 amide bonds. The van der Waals surface area contributed by atoms with Gasteiger partial charge in [0.15, 0.2) is 0 Å². The lowest BCUT2D eigenvalue weighted by Crippen LogP contribution is -2.48. The highest BCUT2D eigenvalue weighted by atomic mass is 79.9. The Kier molecular flexibility index (Phi) is 6.49. The van der Waals surface area contributed by atoms with Crippen LogP contribution in [0.25, 0.3) is 0 Å². The molecule has 0 aliphatic rings. The van der Waals surface area contributed by atoms with Crippen LogP contribution in [0.5, 0.6) is 0 Å². The molecule has 0 heterocycles. The average Bonchev–Trinajstić information content (AvgIpc) is 2.21. The van der Waals surface area contributed by atoms with E-state index < -0.39 is 15.6 Å². The zero-order chi connectivity index (χ0) is 14.1. The molecule has 7 heteroatoms. The van der Waals surface area contributed by atoms with Gasteiger partial charge < -0.3 is 5.73 Å². The lowest BCUT2D eigenvalue weighted by molar-refractivity contribution is 0.462. The minimum absolute atomic E-state index is 0. The van der Waals surface area contributed by atoms with Crippen LogP contribution in [-0.4, -0.2) is 20.5 Å². The molecule has 0 unspecified atom stereocenters. The molecule has 3 N–H and O–H groups in total. The smallest absolute Gasteiger partial charge is 0.241 e. The molecule has 0 saturated heterocycles. The fourth-order valence-corrected chi connectivity index (χ4v) is 3.70. The molecule has 0 aromatic heterocycles. The Balaban J connectivity index is 0.00000324. The molecule has 4 nitrogen and oxygen atoms in total. The molecule has 0 saturated carbocycles. The van der Waals surface area contributed by atoms with Crippen LogP contribution in [0.15, 0.2) is 21.5 Å². The molecule has 0 atom stereocenters. The van der Waals surface area contributed by atoms with E-state index in [-0.39, 0.29) is 19.0 Å². The van der Waals surface area contributed by atoms with Crippen LogP contribution in [0.3, 0.4) is 0 Å². The molecule has 0 radical (unpaired) electrons. The number of halogens is 2. The van der Waals surface area contributed by atoms with E-state index in [4.69, 9.17) is 5.73 Å². The van der Waals surface area contributed by atoms with Gasteiger partial charge in [-0.3, -0.25) is 0 Å². The third-order valence-electron chi connectivity index (χ3n) is 2.67. The lowest BCUT2D eigenvalue weighted by atomic mass is 10.1. The van der Waals surface area contributed by atoms with Crippen molar-refractivity contribution < 1.29 is 8.42 Å². The molecular formula is C12H20BrClN2O2S. The number of sulfonamides is 1. The summed E-state index contributed by atoms with van der Waals surface area (Å²) in [7, 11) is -3.55. The zero-order valence-corrected chi connectivity index (χ0v) is 14.7. The molecule has 110 valence electrons. The monoisotopic (exact) mass is 370 g/mol. The summed E-state index contributed by atoms with van der Waals surface area (Å²) in [4.78, 5) is 0.296. The second-order valence-corrected chi connectivity index (χ2v) is 7.57. The van der Waals surface area contributed by atoms with Crippen LogP contribution in [0.4, 0.5) is 0 Å². The zero-order valence-electron chi connectivity index (χ0n) is 11.5. The Morgan fingerprint density at radius 2 is 1.79 bits per heavy atom.